The second-order valence-corrected chi connectivity index (χ2v) is 6.05. The number of guanidine groups is 1. The number of nitrogens with one attached hydrogen (secondary N) is 1. The normalized spacial score (nSPS) is 20.5. The predicted octanol–water partition coefficient (Wildman–Crippen LogP) is 0.257. The van der Waals surface area contributed by atoms with E-state index in [1.807, 2.05) is 6.92 Å². The lowest BCUT2D eigenvalue weighted by atomic mass is 10.1. The molecule has 1 atom stereocenters. The standard InChI is InChI=1S/C13H29N5O/c1-11(10-19-5)15-12(16-14)17-6-8-18(9-7-17)13(2,3)4/h11H,6-10,14H2,1-5H3,(H,15,16). The Morgan fingerprint density at radius 1 is 1.32 bits per heavy atom. The van der Waals surface area contributed by atoms with Crippen molar-refractivity contribution in [1.29, 1.82) is 0 Å². The van der Waals surface area contributed by atoms with Crippen LogP contribution in [0.4, 0.5) is 0 Å². The number of rotatable bonds is 3. The van der Waals surface area contributed by atoms with Crippen molar-refractivity contribution in [3.63, 3.8) is 0 Å². The number of ether oxygens (including phenoxy) is 1. The Morgan fingerprint density at radius 2 is 1.89 bits per heavy atom. The zero-order valence-corrected chi connectivity index (χ0v) is 12.9. The molecule has 112 valence electrons. The van der Waals surface area contributed by atoms with Crippen molar-refractivity contribution in [2.45, 2.75) is 39.3 Å². The van der Waals surface area contributed by atoms with Gasteiger partial charge in [0.15, 0.2) is 0 Å². The van der Waals surface area contributed by atoms with Gasteiger partial charge in [0.2, 0.25) is 5.96 Å². The maximum absolute atomic E-state index is 5.59. The number of hydrogen-bond acceptors (Lipinski definition) is 4. The maximum atomic E-state index is 5.59. The first-order valence-corrected chi connectivity index (χ1v) is 6.92. The smallest absolute Gasteiger partial charge is 0.208 e. The lowest BCUT2D eigenvalue weighted by molar-refractivity contribution is 0.0867. The molecule has 0 saturated carbocycles. The molecule has 1 unspecified atom stereocenters. The highest BCUT2D eigenvalue weighted by atomic mass is 16.5. The van der Waals surface area contributed by atoms with E-state index in [0.717, 1.165) is 32.1 Å². The van der Waals surface area contributed by atoms with Gasteiger partial charge in [-0.1, -0.05) is 0 Å². The summed E-state index contributed by atoms with van der Waals surface area (Å²) in [4.78, 5) is 9.24. The summed E-state index contributed by atoms with van der Waals surface area (Å²) < 4.78 is 5.10. The number of hydrazine groups is 1. The average molecular weight is 271 g/mol. The van der Waals surface area contributed by atoms with Gasteiger partial charge in [-0.3, -0.25) is 10.3 Å². The largest absolute Gasteiger partial charge is 0.382 e. The molecule has 0 aromatic heterocycles. The monoisotopic (exact) mass is 271 g/mol. The minimum absolute atomic E-state index is 0.108. The van der Waals surface area contributed by atoms with Gasteiger partial charge in [0.1, 0.15) is 0 Å². The van der Waals surface area contributed by atoms with Crippen molar-refractivity contribution in [1.82, 2.24) is 15.2 Å². The van der Waals surface area contributed by atoms with Gasteiger partial charge in [-0.25, -0.2) is 10.8 Å². The fraction of sp³-hybridized carbons (Fsp3) is 0.923. The van der Waals surface area contributed by atoms with E-state index in [4.69, 9.17) is 10.6 Å². The number of methoxy groups -OCH3 is 1. The fourth-order valence-electron chi connectivity index (χ4n) is 2.29. The molecular formula is C13H29N5O. The number of nitrogens with two attached hydrogens (primary N) is 1. The molecule has 0 radical (unpaired) electrons. The van der Waals surface area contributed by atoms with E-state index in [0.29, 0.717) is 6.61 Å². The Balaban J connectivity index is 2.57. The molecule has 3 N–H and O–H groups in total. The zero-order chi connectivity index (χ0) is 14.5. The Labute approximate surface area is 117 Å². The lowest BCUT2D eigenvalue weighted by Crippen LogP contribution is -2.57. The molecular weight excluding hydrogens is 242 g/mol. The molecule has 19 heavy (non-hydrogen) atoms. The first-order chi connectivity index (χ1) is 8.88. The van der Waals surface area contributed by atoms with Crippen LogP contribution in [-0.4, -0.2) is 67.2 Å². The quantitative estimate of drug-likeness (QED) is 0.333. The second-order valence-electron chi connectivity index (χ2n) is 6.05. The molecule has 1 heterocycles. The van der Waals surface area contributed by atoms with E-state index in [2.05, 4.69) is 41.0 Å². The van der Waals surface area contributed by atoms with Crippen LogP contribution < -0.4 is 11.3 Å². The van der Waals surface area contributed by atoms with E-state index in [1.165, 1.54) is 0 Å². The highest BCUT2D eigenvalue weighted by molar-refractivity contribution is 5.79. The van der Waals surface area contributed by atoms with E-state index < -0.39 is 0 Å². The first-order valence-electron chi connectivity index (χ1n) is 6.92. The van der Waals surface area contributed by atoms with E-state index >= 15 is 0 Å². The molecule has 6 nitrogen and oxygen atoms in total. The Bertz CT molecular complexity index is 292. The summed E-state index contributed by atoms with van der Waals surface area (Å²) in [5, 5.41) is 0. The lowest BCUT2D eigenvalue weighted by Gasteiger charge is -2.43. The minimum atomic E-state index is 0.108. The van der Waals surface area contributed by atoms with Crippen LogP contribution in [-0.2, 0) is 4.74 Å². The van der Waals surface area contributed by atoms with Gasteiger partial charge in [-0.15, -0.1) is 0 Å². The van der Waals surface area contributed by atoms with Crippen LogP contribution in [0.3, 0.4) is 0 Å². The van der Waals surface area contributed by atoms with Crippen molar-refractivity contribution in [2.75, 3.05) is 39.9 Å². The molecule has 1 aliphatic rings. The summed E-state index contributed by atoms with van der Waals surface area (Å²) in [5.74, 6) is 6.35. The Hall–Kier alpha value is -0.850. The molecule has 1 saturated heterocycles. The van der Waals surface area contributed by atoms with Gasteiger partial charge in [-0.05, 0) is 27.7 Å². The minimum Gasteiger partial charge on any atom is -0.382 e. The third-order valence-corrected chi connectivity index (χ3v) is 3.41. The van der Waals surface area contributed by atoms with Gasteiger partial charge >= 0.3 is 0 Å². The van der Waals surface area contributed by atoms with Crippen molar-refractivity contribution in [3.8, 4) is 0 Å². The van der Waals surface area contributed by atoms with Gasteiger partial charge in [0.25, 0.3) is 0 Å². The Kier molecular flexibility index (Phi) is 6.03. The molecule has 0 amide bonds. The average Bonchev–Trinajstić information content (AvgIpc) is 2.35. The number of nitrogens with zero attached hydrogens (tertiary/aromatic N) is 3. The van der Waals surface area contributed by atoms with Gasteiger partial charge in [0.05, 0.1) is 12.6 Å². The zero-order valence-electron chi connectivity index (χ0n) is 12.9. The van der Waals surface area contributed by atoms with Crippen LogP contribution in [0.5, 0.6) is 0 Å². The summed E-state index contributed by atoms with van der Waals surface area (Å²) in [6.07, 6.45) is 0. The van der Waals surface area contributed by atoms with Crippen LogP contribution in [0.15, 0.2) is 4.99 Å². The summed E-state index contributed by atoms with van der Waals surface area (Å²) in [5.41, 5.74) is 2.94. The van der Waals surface area contributed by atoms with Crippen molar-refractivity contribution in [2.24, 2.45) is 10.8 Å². The fourth-order valence-corrected chi connectivity index (χ4v) is 2.29. The van der Waals surface area contributed by atoms with Crippen molar-refractivity contribution < 1.29 is 4.74 Å². The van der Waals surface area contributed by atoms with Gasteiger partial charge in [-0.2, -0.15) is 0 Å². The van der Waals surface area contributed by atoms with Crippen molar-refractivity contribution >= 4 is 5.96 Å². The van der Waals surface area contributed by atoms with Crippen molar-refractivity contribution in [3.05, 3.63) is 0 Å². The van der Waals surface area contributed by atoms with E-state index in [9.17, 15) is 0 Å². The van der Waals surface area contributed by atoms with Crippen LogP contribution >= 0.6 is 0 Å². The number of aliphatic imine (C=N–C) groups is 1. The van der Waals surface area contributed by atoms with Crippen LogP contribution in [0.1, 0.15) is 27.7 Å². The highest BCUT2D eigenvalue weighted by Gasteiger charge is 2.27. The van der Waals surface area contributed by atoms with Crippen LogP contribution in [0.2, 0.25) is 0 Å². The first kappa shape index (κ1) is 16.2. The number of hydrogen-bond donors (Lipinski definition) is 2. The third-order valence-electron chi connectivity index (χ3n) is 3.41. The second kappa shape index (κ2) is 7.07. The number of piperazine rings is 1. The molecule has 0 aromatic rings. The van der Waals surface area contributed by atoms with E-state index in [-0.39, 0.29) is 11.6 Å². The predicted molar refractivity (Wildman–Crippen MR) is 79.0 cm³/mol. The molecule has 1 aliphatic heterocycles. The van der Waals surface area contributed by atoms with Crippen LogP contribution in [0, 0.1) is 0 Å². The maximum Gasteiger partial charge on any atom is 0.208 e. The van der Waals surface area contributed by atoms with E-state index in [1.54, 1.807) is 7.11 Å². The molecule has 0 aliphatic carbocycles. The summed E-state index contributed by atoms with van der Waals surface area (Å²) in [6, 6.07) is 0.108. The summed E-state index contributed by atoms with van der Waals surface area (Å²) in [7, 11) is 1.68. The summed E-state index contributed by atoms with van der Waals surface area (Å²) >= 11 is 0. The molecule has 0 bridgehead atoms. The van der Waals surface area contributed by atoms with Gasteiger partial charge in [0, 0.05) is 38.8 Å². The highest BCUT2D eigenvalue weighted by Crippen LogP contribution is 2.15. The van der Waals surface area contributed by atoms with Crippen LogP contribution in [0.25, 0.3) is 0 Å². The third kappa shape index (κ3) is 4.97. The molecule has 0 aromatic carbocycles. The Morgan fingerprint density at radius 3 is 2.32 bits per heavy atom. The SMILES string of the molecule is COCC(C)N=C(NN)N1CCN(C(C)(C)C)CC1. The molecule has 1 fully saturated rings. The summed E-state index contributed by atoms with van der Waals surface area (Å²) in [6.45, 7) is 13.3. The molecule has 0 spiro atoms. The topological polar surface area (TPSA) is 66.1 Å². The molecule has 1 rings (SSSR count). The van der Waals surface area contributed by atoms with Gasteiger partial charge < -0.3 is 9.64 Å². The molecule has 6 heteroatoms.